The predicted octanol–water partition coefficient (Wildman–Crippen LogP) is 1.72. The molecule has 4 nitrogen and oxygen atoms in total. The Bertz CT molecular complexity index is 419. The third-order valence-corrected chi connectivity index (χ3v) is 3.15. The zero-order valence-corrected chi connectivity index (χ0v) is 10.4. The minimum absolute atomic E-state index is 0.147. The van der Waals surface area contributed by atoms with E-state index in [0.717, 1.165) is 13.0 Å². The Morgan fingerprint density at radius 1 is 1.67 bits per heavy atom. The molecule has 2 rings (SSSR count). The van der Waals surface area contributed by atoms with Crippen molar-refractivity contribution in [3.8, 4) is 0 Å². The van der Waals surface area contributed by atoms with Crippen LogP contribution < -0.4 is 0 Å². The van der Waals surface area contributed by atoms with E-state index in [4.69, 9.17) is 4.74 Å². The summed E-state index contributed by atoms with van der Waals surface area (Å²) in [7, 11) is 0. The Kier molecular flexibility index (Phi) is 4.25. The Morgan fingerprint density at radius 2 is 2.50 bits per heavy atom. The summed E-state index contributed by atoms with van der Waals surface area (Å²) >= 11 is 0. The molecule has 0 spiro atoms. The highest BCUT2D eigenvalue weighted by molar-refractivity contribution is 5.94. The van der Waals surface area contributed by atoms with Gasteiger partial charge in [0.15, 0.2) is 0 Å². The molecule has 1 amide bonds. The molecule has 0 bridgehead atoms. The maximum Gasteiger partial charge on any atom is 0.254 e. The molecule has 1 unspecified atom stereocenters. The number of ether oxygens (including phenoxy) is 1. The molecule has 0 aromatic carbocycles. The van der Waals surface area contributed by atoms with E-state index in [2.05, 4.69) is 4.98 Å². The number of halogens is 1. The SMILES string of the molecule is CCN(CC1CCOC1)C(=O)c1ccnc(F)c1. The second kappa shape index (κ2) is 5.91. The molecule has 1 saturated heterocycles. The molecule has 1 aliphatic heterocycles. The van der Waals surface area contributed by atoms with Gasteiger partial charge in [0.05, 0.1) is 6.61 Å². The van der Waals surface area contributed by atoms with E-state index < -0.39 is 5.95 Å². The minimum atomic E-state index is -0.624. The number of pyridine rings is 1. The van der Waals surface area contributed by atoms with Crippen LogP contribution in [0.4, 0.5) is 4.39 Å². The lowest BCUT2D eigenvalue weighted by Gasteiger charge is -2.23. The van der Waals surface area contributed by atoms with Crippen molar-refractivity contribution in [2.24, 2.45) is 5.92 Å². The fraction of sp³-hybridized carbons (Fsp3) is 0.538. The predicted molar refractivity (Wildman–Crippen MR) is 64.7 cm³/mol. The Labute approximate surface area is 106 Å². The van der Waals surface area contributed by atoms with Crippen molar-refractivity contribution in [2.45, 2.75) is 13.3 Å². The Morgan fingerprint density at radius 3 is 3.11 bits per heavy atom. The van der Waals surface area contributed by atoms with Crippen LogP contribution in [0.3, 0.4) is 0 Å². The third-order valence-electron chi connectivity index (χ3n) is 3.15. The molecular weight excluding hydrogens is 235 g/mol. The smallest absolute Gasteiger partial charge is 0.254 e. The fourth-order valence-electron chi connectivity index (χ4n) is 2.11. The zero-order chi connectivity index (χ0) is 13.0. The molecular formula is C13H17FN2O2. The second-order valence-corrected chi connectivity index (χ2v) is 4.44. The number of aromatic nitrogens is 1. The second-order valence-electron chi connectivity index (χ2n) is 4.44. The van der Waals surface area contributed by atoms with E-state index in [-0.39, 0.29) is 5.91 Å². The maximum absolute atomic E-state index is 13.0. The molecule has 98 valence electrons. The molecule has 1 atom stereocenters. The molecule has 0 saturated carbocycles. The lowest BCUT2D eigenvalue weighted by Crippen LogP contribution is -2.35. The summed E-state index contributed by atoms with van der Waals surface area (Å²) in [5.41, 5.74) is 0.350. The Hall–Kier alpha value is -1.49. The van der Waals surface area contributed by atoms with Gasteiger partial charge in [-0.05, 0) is 19.4 Å². The molecule has 1 fully saturated rings. The maximum atomic E-state index is 13.0. The van der Waals surface area contributed by atoms with Crippen molar-refractivity contribution < 1.29 is 13.9 Å². The van der Waals surface area contributed by atoms with Gasteiger partial charge in [-0.3, -0.25) is 4.79 Å². The largest absolute Gasteiger partial charge is 0.381 e. The van der Waals surface area contributed by atoms with Gasteiger partial charge in [0.2, 0.25) is 5.95 Å². The first-order valence-corrected chi connectivity index (χ1v) is 6.19. The van der Waals surface area contributed by atoms with Crippen molar-refractivity contribution in [3.63, 3.8) is 0 Å². The highest BCUT2D eigenvalue weighted by Gasteiger charge is 2.22. The molecule has 18 heavy (non-hydrogen) atoms. The number of carbonyl (C=O) groups excluding carboxylic acids is 1. The van der Waals surface area contributed by atoms with E-state index in [1.54, 1.807) is 11.0 Å². The van der Waals surface area contributed by atoms with Gasteiger partial charge < -0.3 is 9.64 Å². The topological polar surface area (TPSA) is 42.4 Å². The number of amides is 1. The van der Waals surface area contributed by atoms with Crippen molar-refractivity contribution in [3.05, 3.63) is 29.8 Å². The van der Waals surface area contributed by atoms with Crippen LogP contribution in [0.5, 0.6) is 0 Å². The minimum Gasteiger partial charge on any atom is -0.381 e. The van der Waals surface area contributed by atoms with Crippen LogP contribution in [-0.2, 0) is 4.74 Å². The summed E-state index contributed by atoms with van der Waals surface area (Å²) in [5.74, 6) is -0.382. The first kappa shape index (κ1) is 13.0. The van der Waals surface area contributed by atoms with Gasteiger partial charge in [0.1, 0.15) is 0 Å². The number of hydrogen-bond acceptors (Lipinski definition) is 3. The molecule has 1 aliphatic rings. The van der Waals surface area contributed by atoms with Crippen LogP contribution in [0.25, 0.3) is 0 Å². The van der Waals surface area contributed by atoms with Gasteiger partial charge in [0.25, 0.3) is 5.91 Å². The first-order chi connectivity index (χ1) is 8.70. The van der Waals surface area contributed by atoms with E-state index in [1.807, 2.05) is 6.92 Å². The average molecular weight is 252 g/mol. The third kappa shape index (κ3) is 3.04. The standard InChI is InChI=1S/C13H17FN2O2/c1-2-16(8-10-4-6-18-9-10)13(17)11-3-5-15-12(14)7-11/h3,5,7,10H,2,4,6,8-9H2,1H3. The van der Waals surface area contributed by atoms with Gasteiger partial charge in [-0.15, -0.1) is 0 Å². The number of carbonyl (C=O) groups is 1. The molecule has 0 N–H and O–H groups in total. The van der Waals surface area contributed by atoms with Gasteiger partial charge in [-0.1, -0.05) is 0 Å². The normalized spacial score (nSPS) is 18.9. The van der Waals surface area contributed by atoms with Crippen molar-refractivity contribution in [1.82, 2.24) is 9.88 Å². The van der Waals surface area contributed by atoms with E-state index in [0.29, 0.717) is 31.2 Å². The summed E-state index contributed by atoms with van der Waals surface area (Å²) in [6, 6.07) is 2.72. The van der Waals surface area contributed by atoms with Crippen LogP contribution in [0.2, 0.25) is 0 Å². The molecule has 1 aromatic rings. The van der Waals surface area contributed by atoms with Crippen LogP contribution >= 0.6 is 0 Å². The molecule has 0 radical (unpaired) electrons. The first-order valence-electron chi connectivity index (χ1n) is 6.19. The quantitative estimate of drug-likeness (QED) is 0.766. The van der Waals surface area contributed by atoms with Gasteiger partial charge in [0, 0.05) is 43.4 Å². The van der Waals surface area contributed by atoms with Crippen LogP contribution in [-0.4, -0.2) is 42.1 Å². The number of nitrogens with zero attached hydrogens (tertiary/aromatic N) is 2. The summed E-state index contributed by atoms with van der Waals surface area (Å²) < 4.78 is 18.3. The van der Waals surface area contributed by atoms with Crippen LogP contribution in [0.15, 0.2) is 18.3 Å². The summed E-state index contributed by atoms with van der Waals surface area (Å²) in [6.45, 7) is 4.67. The molecule has 1 aromatic heterocycles. The van der Waals surface area contributed by atoms with E-state index in [1.165, 1.54) is 12.3 Å². The lowest BCUT2D eigenvalue weighted by molar-refractivity contribution is 0.0730. The summed E-state index contributed by atoms with van der Waals surface area (Å²) in [5, 5.41) is 0. The molecule has 5 heteroatoms. The Balaban J connectivity index is 2.04. The van der Waals surface area contributed by atoms with Crippen molar-refractivity contribution in [1.29, 1.82) is 0 Å². The summed E-state index contributed by atoms with van der Waals surface area (Å²) in [4.78, 5) is 17.4. The number of rotatable bonds is 4. The van der Waals surface area contributed by atoms with Gasteiger partial charge >= 0.3 is 0 Å². The zero-order valence-electron chi connectivity index (χ0n) is 10.4. The highest BCUT2D eigenvalue weighted by Crippen LogP contribution is 2.15. The van der Waals surface area contributed by atoms with Crippen LogP contribution in [0.1, 0.15) is 23.7 Å². The number of hydrogen-bond donors (Lipinski definition) is 0. The van der Waals surface area contributed by atoms with Gasteiger partial charge in [-0.2, -0.15) is 4.39 Å². The van der Waals surface area contributed by atoms with E-state index >= 15 is 0 Å². The molecule has 2 heterocycles. The average Bonchev–Trinajstić information content (AvgIpc) is 2.88. The molecule has 0 aliphatic carbocycles. The fourth-order valence-corrected chi connectivity index (χ4v) is 2.11. The highest BCUT2D eigenvalue weighted by atomic mass is 19.1. The van der Waals surface area contributed by atoms with E-state index in [9.17, 15) is 9.18 Å². The monoisotopic (exact) mass is 252 g/mol. The summed E-state index contributed by atoms with van der Waals surface area (Å²) in [6.07, 6.45) is 2.30. The lowest BCUT2D eigenvalue weighted by atomic mass is 10.1. The van der Waals surface area contributed by atoms with Crippen molar-refractivity contribution >= 4 is 5.91 Å². The van der Waals surface area contributed by atoms with Crippen LogP contribution in [0, 0.1) is 11.9 Å². The van der Waals surface area contributed by atoms with Crippen molar-refractivity contribution in [2.75, 3.05) is 26.3 Å². The van der Waals surface area contributed by atoms with Gasteiger partial charge in [-0.25, -0.2) is 4.98 Å².